The number of H-pyrrole nitrogens is 1. The van der Waals surface area contributed by atoms with Crippen LogP contribution in [0, 0.1) is 0 Å². The number of nitrogens with one attached hydrogen (secondary N) is 1. The van der Waals surface area contributed by atoms with Gasteiger partial charge in [0, 0.05) is 15.6 Å². The first-order valence-corrected chi connectivity index (χ1v) is 8.37. The van der Waals surface area contributed by atoms with Crippen LogP contribution in [0.15, 0.2) is 57.8 Å². The van der Waals surface area contributed by atoms with E-state index in [0.717, 1.165) is 27.2 Å². The van der Waals surface area contributed by atoms with Gasteiger partial charge >= 0.3 is 0 Å². The molecule has 0 fully saturated rings. The first-order chi connectivity index (χ1) is 11.6. The van der Waals surface area contributed by atoms with Gasteiger partial charge in [0.05, 0.1) is 18.5 Å². The zero-order chi connectivity index (χ0) is 17.1. The van der Waals surface area contributed by atoms with Crippen molar-refractivity contribution in [3.8, 4) is 22.7 Å². The van der Waals surface area contributed by atoms with Crippen LogP contribution >= 0.6 is 15.9 Å². The number of hydrogen-bond donors (Lipinski definition) is 2. The Morgan fingerprint density at radius 2 is 1.76 bits per heavy atom. The lowest BCUT2D eigenvalue weighted by molar-refractivity contribution is 0.415. The molecule has 25 heavy (non-hydrogen) atoms. The van der Waals surface area contributed by atoms with Gasteiger partial charge in [-0.25, -0.2) is 4.68 Å². The van der Waals surface area contributed by atoms with Crippen LogP contribution in [0.4, 0.5) is 0 Å². The van der Waals surface area contributed by atoms with E-state index < -0.39 is 0 Å². The number of aromatic nitrogens is 2. The van der Waals surface area contributed by atoms with E-state index in [1.54, 1.807) is 11.8 Å². The molecule has 0 bridgehead atoms. The Labute approximate surface area is 155 Å². The van der Waals surface area contributed by atoms with Gasteiger partial charge in [0.15, 0.2) is 0 Å². The summed E-state index contributed by atoms with van der Waals surface area (Å²) in [4.78, 5) is 12.8. The third kappa shape index (κ3) is 3.86. The molecule has 132 valence electrons. The molecule has 0 atom stereocenters. The fourth-order valence-electron chi connectivity index (χ4n) is 2.62. The third-order valence-corrected chi connectivity index (χ3v) is 4.37. The van der Waals surface area contributed by atoms with Crippen molar-refractivity contribution in [2.24, 2.45) is 5.73 Å². The van der Waals surface area contributed by atoms with Crippen LogP contribution < -0.4 is 16.0 Å². The molecular formula is C19H22BrN3O2. The molecule has 1 aromatic heterocycles. The topological polar surface area (TPSA) is 73.0 Å². The molecule has 0 aliphatic heterocycles. The lowest BCUT2D eigenvalue weighted by Gasteiger charge is -2.04. The lowest BCUT2D eigenvalue weighted by Crippen LogP contribution is -2.19. The molecule has 3 rings (SSSR count). The van der Waals surface area contributed by atoms with Gasteiger partial charge in [-0.3, -0.25) is 9.89 Å². The summed E-state index contributed by atoms with van der Waals surface area (Å²) in [5.74, 6) is 0.772. The van der Waals surface area contributed by atoms with Crippen molar-refractivity contribution in [3.63, 3.8) is 0 Å². The second kappa shape index (κ2) is 8.18. The summed E-state index contributed by atoms with van der Waals surface area (Å²) in [5.41, 5.74) is 8.80. The van der Waals surface area contributed by atoms with Gasteiger partial charge in [0.25, 0.3) is 5.56 Å². The molecular weight excluding hydrogens is 382 g/mol. The van der Waals surface area contributed by atoms with Crippen molar-refractivity contribution in [1.29, 1.82) is 0 Å². The Bertz CT molecular complexity index is 881. The number of ether oxygens (including phenoxy) is 1. The van der Waals surface area contributed by atoms with E-state index in [9.17, 15) is 4.79 Å². The first-order valence-electron chi connectivity index (χ1n) is 7.58. The summed E-state index contributed by atoms with van der Waals surface area (Å²) in [6.45, 7) is 0.413. The number of aromatic amines is 1. The Morgan fingerprint density at radius 1 is 1.12 bits per heavy atom. The highest BCUT2D eigenvalue weighted by Crippen LogP contribution is 2.24. The molecule has 0 radical (unpaired) electrons. The molecule has 0 aliphatic rings. The number of hydrogen-bond acceptors (Lipinski definition) is 3. The van der Waals surface area contributed by atoms with E-state index in [-0.39, 0.29) is 13.0 Å². The maximum Gasteiger partial charge on any atom is 0.275 e. The molecule has 0 unspecified atom stereocenters. The van der Waals surface area contributed by atoms with Gasteiger partial charge in [-0.2, -0.15) is 0 Å². The smallest absolute Gasteiger partial charge is 0.275 e. The highest BCUT2D eigenvalue weighted by molar-refractivity contribution is 9.10. The minimum absolute atomic E-state index is 0. The van der Waals surface area contributed by atoms with Crippen molar-refractivity contribution in [2.75, 3.05) is 13.7 Å². The van der Waals surface area contributed by atoms with Crippen molar-refractivity contribution >= 4 is 15.9 Å². The van der Waals surface area contributed by atoms with Crippen molar-refractivity contribution < 1.29 is 4.74 Å². The quantitative estimate of drug-likeness (QED) is 0.681. The molecule has 3 N–H and O–H groups in total. The molecule has 0 spiro atoms. The predicted molar refractivity (Wildman–Crippen MR) is 106 cm³/mol. The van der Waals surface area contributed by atoms with E-state index in [1.165, 1.54) is 0 Å². The van der Waals surface area contributed by atoms with E-state index in [0.29, 0.717) is 18.5 Å². The molecule has 3 aromatic rings. The fraction of sp³-hybridized carbons (Fsp3) is 0.211. The summed E-state index contributed by atoms with van der Waals surface area (Å²) in [5, 5.41) is 3.22. The van der Waals surface area contributed by atoms with E-state index in [2.05, 4.69) is 21.0 Å². The minimum Gasteiger partial charge on any atom is -0.497 e. The zero-order valence-corrected chi connectivity index (χ0v) is 14.8. The number of rotatable bonds is 5. The summed E-state index contributed by atoms with van der Waals surface area (Å²) >= 11 is 3.41. The molecule has 0 saturated carbocycles. The Balaban J connectivity index is 0.00000225. The Morgan fingerprint density at radius 3 is 2.32 bits per heavy atom. The first kappa shape index (κ1) is 19.0. The van der Waals surface area contributed by atoms with E-state index in [1.807, 2.05) is 48.5 Å². The zero-order valence-electron chi connectivity index (χ0n) is 13.3. The van der Waals surface area contributed by atoms with Crippen LogP contribution in [0.1, 0.15) is 13.0 Å². The van der Waals surface area contributed by atoms with Crippen molar-refractivity contribution in [1.82, 2.24) is 9.78 Å². The van der Waals surface area contributed by atoms with Crippen LogP contribution in [0.2, 0.25) is 0 Å². The fourth-order valence-corrected chi connectivity index (χ4v) is 2.88. The Kier molecular flexibility index (Phi) is 6.22. The number of halogens is 1. The molecule has 5 nitrogen and oxygen atoms in total. The van der Waals surface area contributed by atoms with Crippen LogP contribution in [0.3, 0.4) is 0 Å². The van der Waals surface area contributed by atoms with Gasteiger partial charge in [-0.15, -0.1) is 0 Å². The molecule has 0 saturated heterocycles. The standard InChI is InChI=1S/C18H18BrN3O2.CH4/c1-24-15-8-2-12(3-9-15)17-16(10-11-20)18(23)22(21-17)14-6-4-13(19)5-7-14;/h2-9,21H,10-11,20H2,1H3;1H4. The highest BCUT2D eigenvalue weighted by Gasteiger charge is 2.16. The average Bonchev–Trinajstić information content (AvgIpc) is 2.93. The molecule has 0 aliphatic carbocycles. The number of nitrogens with two attached hydrogens (primary N) is 1. The summed E-state index contributed by atoms with van der Waals surface area (Å²) < 4.78 is 7.70. The summed E-state index contributed by atoms with van der Waals surface area (Å²) in [7, 11) is 1.63. The largest absolute Gasteiger partial charge is 0.497 e. The SMILES string of the molecule is C.COc1ccc(-c2[nH]n(-c3ccc(Br)cc3)c(=O)c2CCN)cc1. The van der Waals surface area contributed by atoms with E-state index in [4.69, 9.17) is 10.5 Å². The monoisotopic (exact) mass is 403 g/mol. The minimum atomic E-state index is -0.0754. The second-order valence-corrected chi connectivity index (χ2v) is 6.27. The van der Waals surface area contributed by atoms with Gasteiger partial charge in [0.1, 0.15) is 5.75 Å². The molecule has 1 heterocycles. The van der Waals surface area contributed by atoms with Gasteiger partial charge in [-0.05, 0) is 61.5 Å². The van der Waals surface area contributed by atoms with Crippen LogP contribution in [0.25, 0.3) is 16.9 Å². The highest BCUT2D eigenvalue weighted by atomic mass is 79.9. The number of methoxy groups -OCH3 is 1. The molecule has 6 heteroatoms. The predicted octanol–water partition coefficient (Wildman–Crippen LogP) is 3.74. The van der Waals surface area contributed by atoms with Crippen LogP contribution in [-0.4, -0.2) is 23.4 Å². The van der Waals surface area contributed by atoms with Crippen LogP contribution in [0.5, 0.6) is 5.75 Å². The lowest BCUT2D eigenvalue weighted by atomic mass is 10.1. The molecule has 0 amide bonds. The van der Waals surface area contributed by atoms with E-state index >= 15 is 0 Å². The summed E-state index contributed by atoms with van der Waals surface area (Å²) in [6.07, 6.45) is 0.514. The van der Waals surface area contributed by atoms with Gasteiger partial charge in [0.2, 0.25) is 0 Å². The Hall–Kier alpha value is -2.31. The molecule has 2 aromatic carbocycles. The third-order valence-electron chi connectivity index (χ3n) is 3.84. The average molecular weight is 404 g/mol. The van der Waals surface area contributed by atoms with Crippen molar-refractivity contribution in [2.45, 2.75) is 13.8 Å². The maximum atomic E-state index is 12.8. The second-order valence-electron chi connectivity index (χ2n) is 5.35. The normalized spacial score (nSPS) is 10.4. The van der Waals surface area contributed by atoms with Crippen LogP contribution in [-0.2, 0) is 6.42 Å². The van der Waals surface area contributed by atoms with Gasteiger partial charge in [-0.1, -0.05) is 23.4 Å². The number of nitrogens with zero attached hydrogens (tertiary/aromatic N) is 1. The van der Waals surface area contributed by atoms with Crippen molar-refractivity contribution in [3.05, 3.63) is 68.9 Å². The number of benzene rings is 2. The maximum absolute atomic E-state index is 12.8. The van der Waals surface area contributed by atoms with Gasteiger partial charge < -0.3 is 10.5 Å². The summed E-state index contributed by atoms with van der Waals surface area (Å²) in [6, 6.07) is 15.2.